The van der Waals surface area contributed by atoms with Gasteiger partial charge < -0.3 is 10.4 Å². The van der Waals surface area contributed by atoms with E-state index in [1.807, 2.05) is 0 Å². The molecule has 0 aliphatic heterocycles. The summed E-state index contributed by atoms with van der Waals surface area (Å²) in [6, 6.07) is 14.1. The van der Waals surface area contributed by atoms with E-state index in [1.54, 1.807) is 50.2 Å². The molecular weight excluding hydrogens is 466 g/mol. The predicted molar refractivity (Wildman–Crippen MR) is 123 cm³/mol. The zero-order valence-corrected chi connectivity index (χ0v) is 19.1. The molecule has 0 radical (unpaired) electrons. The molecule has 0 unspecified atom stereocenters. The first-order valence-electron chi connectivity index (χ1n) is 10.2. The molecule has 0 aliphatic rings. The van der Waals surface area contributed by atoms with Crippen LogP contribution >= 0.6 is 0 Å². The second-order valence-corrected chi connectivity index (χ2v) is 9.58. The first kappa shape index (κ1) is 25.0. The maximum absolute atomic E-state index is 13.3. The van der Waals surface area contributed by atoms with Gasteiger partial charge in [-0.15, -0.1) is 0 Å². The van der Waals surface area contributed by atoms with E-state index in [2.05, 4.69) is 10.0 Å². The summed E-state index contributed by atoms with van der Waals surface area (Å²) in [5.74, 6) is -4.46. The number of nitrogens with one attached hydrogen (secondary N) is 2. The van der Waals surface area contributed by atoms with E-state index in [0.29, 0.717) is 11.3 Å². The maximum atomic E-state index is 13.3. The number of halogens is 2. The zero-order chi connectivity index (χ0) is 25.0. The molecule has 0 heterocycles. The first-order chi connectivity index (χ1) is 16.0. The van der Waals surface area contributed by atoms with Crippen molar-refractivity contribution in [3.05, 3.63) is 83.9 Å². The molecule has 1 atom stereocenters. The molecule has 0 aromatic heterocycles. The number of hydrogen-bond acceptors (Lipinski definition) is 4. The van der Waals surface area contributed by atoms with Crippen molar-refractivity contribution >= 4 is 27.6 Å². The number of hydrogen-bond donors (Lipinski definition) is 3. The number of carboxylic acids is 1. The molecule has 1 amide bonds. The van der Waals surface area contributed by atoms with Crippen LogP contribution in [0.5, 0.6) is 0 Å². The monoisotopic (exact) mass is 488 g/mol. The highest BCUT2D eigenvalue weighted by atomic mass is 32.2. The van der Waals surface area contributed by atoms with Crippen molar-refractivity contribution in [2.45, 2.75) is 24.8 Å². The second kappa shape index (κ2) is 10.1. The topological polar surface area (TPSA) is 113 Å². The van der Waals surface area contributed by atoms with Crippen molar-refractivity contribution in [1.29, 1.82) is 0 Å². The van der Waals surface area contributed by atoms with Gasteiger partial charge in [-0.2, -0.15) is 4.72 Å². The Kier molecular flexibility index (Phi) is 7.43. The summed E-state index contributed by atoms with van der Waals surface area (Å²) in [5.41, 5.74) is 1.82. The smallest absolute Gasteiger partial charge is 0.322 e. The summed E-state index contributed by atoms with van der Waals surface area (Å²) in [6.45, 7) is 3.21. The van der Waals surface area contributed by atoms with Gasteiger partial charge >= 0.3 is 5.97 Å². The number of benzene rings is 3. The Bertz CT molecular complexity index is 1310. The van der Waals surface area contributed by atoms with E-state index in [4.69, 9.17) is 0 Å². The lowest BCUT2D eigenvalue weighted by Gasteiger charge is -2.18. The van der Waals surface area contributed by atoms with E-state index in [0.717, 1.165) is 17.7 Å². The van der Waals surface area contributed by atoms with E-state index >= 15 is 0 Å². The van der Waals surface area contributed by atoms with E-state index in [1.165, 1.54) is 18.2 Å². The number of carbonyl (C=O) groups excluding carboxylic acids is 1. The van der Waals surface area contributed by atoms with Crippen LogP contribution in [0.15, 0.2) is 71.6 Å². The number of aliphatic carboxylic acids is 1. The van der Waals surface area contributed by atoms with E-state index in [9.17, 15) is 31.9 Å². The van der Waals surface area contributed by atoms with Crippen LogP contribution in [-0.2, 0) is 14.8 Å². The number of sulfonamides is 1. The number of carbonyl (C=O) groups is 2. The summed E-state index contributed by atoms with van der Waals surface area (Å²) < 4.78 is 53.7. The van der Waals surface area contributed by atoms with Crippen LogP contribution in [-0.4, -0.2) is 31.4 Å². The molecule has 0 saturated carbocycles. The van der Waals surface area contributed by atoms with Crippen molar-refractivity contribution < 1.29 is 31.9 Å². The van der Waals surface area contributed by atoms with Crippen molar-refractivity contribution in [3.63, 3.8) is 0 Å². The summed E-state index contributed by atoms with van der Waals surface area (Å²) in [7, 11) is -4.03. The molecule has 3 aromatic rings. The molecule has 3 N–H and O–H groups in total. The van der Waals surface area contributed by atoms with Crippen molar-refractivity contribution in [1.82, 2.24) is 4.72 Å². The van der Waals surface area contributed by atoms with Crippen LogP contribution in [0, 0.1) is 17.6 Å². The molecule has 0 spiro atoms. The Morgan fingerprint density at radius 3 is 1.91 bits per heavy atom. The molecule has 3 rings (SSSR count). The molecule has 0 aliphatic carbocycles. The first-order valence-corrected chi connectivity index (χ1v) is 11.7. The number of carboxylic acid groups (broad SMARTS) is 1. The number of rotatable bonds is 8. The summed E-state index contributed by atoms with van der Waals surface area (Å²) in [6.07, 6.45) is 0. The molecular formula is C24H22F2N2O5S. The minimum atomic E-state index is -4.03. The van der Waals surface area contributed by atoms with Crippen LogP contribution < -0.4 is 10.0 Å². The van der Waals surface area contributed by atoms with E-state index < -0.39 is 45.5 Å². The van der Waals surface area contributed by atoms with Crippen LogP contribution in [0.2, 0.25) is 0 Å². The van der Waals surface area contributed by atoms with Gasteiger partial charge in [0.15, 0.2) is 11.6 Å². The quantitative estimate of drug-likeness (QED) is 0.438. The van der Waals surface area contributed by atoms with Gasteiger partial charge in [-0.3, -0.25) is 9.59 Å². The molecule has 178 valence electrons. The number of anilines is 1. The Hall–Kier alpha value is -3.63. The second-order valence-electron chi connectivity index (χ2n) is 7.87. The Morgan fingerprint density at radius 2 is 1.41 bits per heavy atom. The van der Waals surface area contributed by atoms with Gasteiger partial charge in [0, 0.05) is 11.3 Å². The number of amides is 1. The fourth-order valence-corrected chi connectivity index (χ4v) is 4.46. The van der Waals surface area contributed by atoms with Crippen LogP contribution in [0.25, 0.3) is 11.1 Å². The van der Waals surface area contributed by atoms with Gasteiger partial charge in [-0.05, 0) is 59.5 Å². The van der Waals surface area contributed by atoms with Crippen LogP contribution in [0.4, 0.5) is 14.5 Å². The van der Waals surface area contributed by atoms with Crippen LogP contribution in [0.3, 0.4) is 0 Å². The average Bonchev–Trinajstić information content (AvgIpc) is 2.79. The molecule has 0 saturated heterocycles. The third kappa shape index (κ3) is 5.83. The van der Waals surface area contributed by atoms with Gasteiger partial charge in [-0.1, -0.05) is 38.1 Å². The standard InChI is InChI=1S/C24H22F2N2O5S/c1-14(2)22(24(30)31)28-34(32,33)19-10-5-16(6-11-19)15-3-8-18(9-4-15)27-23(29)17-7-12-20(25)21(26)13-17/h3-14,22,28H,1-2H3,(H,27,29)(H,30,31)/t22-/m0/s1. The Labute approximate surface area is 195 Å². The van der Waals surface area contributed by atoms with Gasteiger partial charge in [0.2, 0.25) is 10.0 Å². The Balaban J connectivity index is 1.72. The van der Waals surface area contributed by atoms with Gasteiger partial charge in [-0.25, -0.2) is 17.2 Å². The zero-order valence-electron chi connectivity index (χ0n) is 18.2. The summed E-state index contributed by atoms with van der Waals surface area (Å²) in [4.78, 5) is 23.5. The fourth-order valence-electron chi connectivity index (χ4n) is 3.12. The highest BCUT2D eigenvalue weighted by Gasteiger charge is 2.28. The highest BCUT2D eigenvalue weighted by Crippen LogP contribution is 2.24. The minimum absolute atomic E-state index is 0.0315. The largest absolute Gasteiger partial charge is 0.480 e. The molecule has 7 nitrogen and oxygen atoms in total. The van der Waals surface area contributed by atoms with Gasteiger partial charge in [0.25, 0.3) is 5.91 Å². The lowest BCUT2D eigenvalue weighted by Crippen LogP contribution is -2.44. The normalized spacial score (nSPS) is 12.4. The molecule has 34 heavy (non-hydrogen) atoms. The molecule has 0 fully saturated rings. The van der Waals surface area contributed by atoms with E-state index in [-0.39, 0.29) is 10.5 Å². The Morgan fingerprint density at radius 1 is 0.853 bits per heavy atom. The summed E-state index contributed by atoms with van der Waals surface area (Å²) in [5, 5.41) is 11.8. The molecule has 10 heteroatoms. The highest BCUT2D eigenvalue weighted by molar-refractivity contribution is 7.89. The maximum Gasteiger partial charge on any atom is 0.322 e. The lowest BCUT2D eigenvalue weighted by molar-refractivity contribution is -0.140. The molecule has 0 bridgehead atoms. The minimum Gasteiger partial charge on any atom is -0.480 e. The average molecular weight is 489 g/mol. The lowest BCUT2D eigenvalue weighted by atomic mass is 10.1. The third-order valence-electron chi connectivity index (χ3n) is 5.04. The SMILES string of the molecule is CC(C)[C@H](NS(=O)(=O)c1ccc(-c2ccc(NC(=O)c3ccc(F)c(F)c3)cc2)cc1)C(=O)O. The van der Waals surface area contributed by atoms with Crippen molar-refractivity contribution in [2.24, 2.45) is 5.92 Å². The van der Waals surface area contributed by atoms with Crippen LogP contribution in [0.1, 0.15) is 24.2 Å². The van der Waals surface area contributed by atoms with Gasteiger partial charge in [0.05, 0.1) is 4.90 Å². The fraction of sp³-hybridized carbons (Fsp3) is 0.167. The summed E-state index contributed by atoms with van der Waals surface area (Å²) >= 11 is 0. The third-order valence-corrected chi connectivity index (χ3v) is 6.49. The van der Waals surface area contributed by atoms with Gasteiger partial charge in [0.1, 0.15) is 6.04 Å². The van der Waals surface area contributed by atoms with Crippen molar-refractivity contribution in [2.75, 3.05) is 5.32 Å². The van der Waals surface area contributed by atoms with Crippen molar-refractivity contribution in [3.8, 4) is 11.1 Å². The molecule has 3 aromatic carbocycles. The predicted octanol–water partition coefficient (Wildman–Crippen LogP) is 4.27.